The normalized spacial score (nSPS) is 10.6. The smallest absolute Gasteiger partial charge is 0.332 e. The van der Waals surface area contributed by atoms with Gasteiger partial charge in [-0.05, 0) is 5.21 Å². The summed E-state index contributed by atoms with van der Waals surface area (Å²) in [6.07, 6.45) is 0. The van der Waals surface area contributed by atoms with Crippen molar-refractivity contribution in [3.8, 4) is 11.4 Å². The summed E-state index contributed by atoms with van der Waals surface area (Å²) >= 11 is 0. The summed E-state index contributed by atoms with van der Waals surface area (Å²) in [6, 6.07) is 10.2. The predicted octanol–water partition coefficient (Wildman–Crippen LogP) is -1.08. The summed E-state index contributed by atoms with van der Waals surface area (Å²) in [5.41, 5.74) is -0.436. The fraction of sp³-hybridized carbons (Fsp3) is 0.235. The highest BCUT2D eigenvalue weighted by atomic mass is 16.5. The third kappa shape index (κ3) is 4.61. The Morgan fingerprint density at radius 3 is 2.55 bits per heavy atom. The first-order valence-corrected chi connectivity index (χ1v) is 8.41. The Kier molecular flexibility index (Phi) is 5.62. The molecule has 0 fully saturated rings. The molecule has 3 aromatic rings. The number of nitrogens with one attached hydrogen (secondary N) is 1. The molecule has 1 N–H and O–H groups in total. The fourth-order valence-electron chi connectivity index (χ4n) is 2.35. The number of nitrogens with zero attached hydrogens (tertiary/aromatic N) is 6. The van der Waals surface area contributed by atoms with Crippen LogP contribution in [0.25, 0.3) is 11.4 Å². The number of tetrazole rings is 1. The van der Waals surface area contributed by atoms with E-state index in [0.717, 1.165) is 25.6 Å². The molecule has 0 unspecified atom stereocenters. The van der Waals surface area contributed by atoms with Crippen LogP contribution in [0.15, 0.2) is 46.0 Å². The van der Waals surface area contributed by atoms with Crippen molar-refractivity contribution >= 4 is 17.7 Å². The van der Waals surface area contributed by atoms with Gasteiger partial charge in [0.1, 0.15) is 5.82 Å². The van der Waals surface area contributed by atoms with Gasteiger partial charge in [0.05, 0.1) is 0 Å². The molecule has 2 aromatic heterocycles. The maximum absolute atomic E-state index is 12.0. The SMILES string of the molecule is Cn1c(NC(=O)COC(=O)Cn2nnc(-c3ccccc3)n2)cc(=O)n(C)c1=O. The van der Waals surface area contributed by atoms with Crippen LogP contribution in [0.2, 0.25) is 0 Å². The molecule has 1 aromatic carbocycles. The van der Waals surface area contributed by atoms with Crippen LogP contribution in [-0.2, 0) is 35.0 Å². The quantitative estimate of drug-likeness (QED) is 0.516. The summed E-state index contributed by atoms with van der Waals surface area (Å²) in [7, 11) is 2.71. The Bertz CT molecular complexity index is 1160. The average Bonchev–Trinajstić information content (AvgIpc) is 3.18. The molecule has 3 rings (SSSR count). The van der Waals surface area contributed by atoms with E-state index in [0.29, 0.717) is 5.82 Å². The summed E-state index contributed by atoms with van der Waals surface area (Å²) in [4.78, 5) is 48.4. The van der Waals surface area contributed by atoms with Gasteiger partial charge in [-0.15, -0.1) is 10.2 Å². The van der Waals surface area contributed by atoms with Crippen molar-refractivity contribution in [1.82, 2.24) is 29.3 Å². The van der Waals surface area contributed by atoms with Crippen molar-refractivity contribution in [3.05, 3.63) is 57.2 Å². The first-order valence-electron chi connectivity index (χ1n) is 8.41. The first-order chi connectivity index (χ1) is 13.8. The number of benzene rings is 1. The lowest BCUT2D eigenvalue weighted by atomic mass is 10.2. The van der Waals surface area contributed by atoms with Gasteiger partial charge in [0.15, 0.2) is 13.2 Å². The van der Waals surface area contributed by atoms with Gasteiger partial charge in [0.2, 0.25) is 5.82 Å². The van der Waals surface area contributed by atoms with Crippen LogP contribution in [0, 0.1) is 0 Å². The van der Waals surface area contributed by atoms with E-state index in [-0.39, 0.29) is 12.4 Å². The number of ether oxygens (including phenoxy) is 1. The molecule has 2 heterocycles. The third-order valence-electron chi connectivity index (χ3n) is 3.91. The first kappa shape index (κ1) is 19.7. The van der Waals surface area contributed by atoms with E-state index in [4.69, 9.17) is 4.74 Å². The van der Waals surface area contributed by atoms with Crippen LogP contribution >= 0.6 is 0 Å². The van der Waals surface area contributed by atoms with Crippen LogP contribution in [0.1, 0.15) is 0 Å². The van der Waals surface area contributed by atoms with E-state index in [2.05, 4.69) is 20.7 Å². The monoisotopic (exact) mass is 399 g/mol. The summed E-state index contributed by atoms with van der Waals surface area (Å²) in [5, 5.41) is 14.0. The molecule has 0 saturated heterocycles. The van der Waals surface area contributed by atoms with E-state index < -0.39 is 29.7 Å². The second kappa shape index (κ2) is 8.29. The molecular formula is C17H17N7O5. The van der Waals surface area contributed by atoms with Gasteiger partial charge >= 0.3 is 11.7 Å². The van der Waals surface area contributed by atoms with Gasteiger partial charge < -0.3 is 10.1 Å². The van der Waals surface area contributed by atoms with E-state index in [1.54, 1.807) is 12.1 Å². The lowest BCUT2D eigenvalue weighted by Crippen LogP contribution is -2.38. The minimum atomic E-state index is -0.755. The van der Waals surface area contributed by atoms with Crippen molar-refractivity contribution in [1.29, 1.82) is 0 Å². The molecule has 0 atom stereocenters. The van der Waals surface area contributed by atoms with E-state index in [1.807, 2.05) is 18.2 Å². The van der Waals surface area contributed by atoms with E-state index in [1.165, 1.54) is 14.1 Å². The van der Waals surface area contributed by atoms with Gasteiger partial charge in [-0.3, -0.25) is 18.7 Å². The molecule has 0 radical (unpaired) electrons. The zero-order valence-electron chi connectivity index (χ0n) is 15.6. The number of carbonyl (C=O) groups is 2. The maximum atomic E-state index is 12.0. The van der Waals surface area contributed by atoms with Crippen molar-refractivity contribution in [2.75, 3.05) is 11.9 Å². The second-order valence-corrected chi connectivity index (χ2v) is 5.99. The summed E-state index contributed by atoms with van der Waals surface area (Å²) in [5.74, 6) is -1.12. The number of hydrogen-bond donors (Lipinski definition) is 1. The fourth-order valence-corrected chi connectivity index (χ4v) is 2.35. The second-order valence-electron chi connectivity index (χ2n) is 5.99. The Morgan fingerprint density at radius 2 is 1.83 bits per heavy atom. The minimum absolute atomic E-state index is 0.00963. The molecule has 0 spiro atoms. The Morgan fingerprint density at radius 1 is 1.10 bits per heavy atom. The average molecular weight is 399 g/mol. The van der Waals surface area contributed by atoms with E-state index >= 15 is 0 Å². The number of aromatic nitrogens is 6. The number of hydrogen-bond acceptors (Lipinski definition) is 8. The molecule has 0 aliphatic rings. The van der Waals surface area contributed by atoms with Gasteiger partial charge in [0.25, 0.3) is 11.5 Å². The molecule has 0 bridgehead atoms. The van der Waals surface area contributed by atoms with Crippen LogP contribution in [0.4, 0.5) is 5.82 Å². The molecule has 29 heavy (non-hydrogen) atoms. The zero-order chi connectivity index (χ0) is 21.0. The minimum Gasteiger partial charge on any atom is -0.454 e. The topological polar surface area (TPSA) is 143 Å². The highest BCUT2D eigenvalue weighted by Crippen LogP contribution is 2.11. The molecule has 0 saturated carbocycles. The summed E-state index contributed by atoms with van der Waals surface area (Å²) in [6.45, 7) is -0.944. The number of carbonyl (C=O) groups excluding carboxylic acids is 2. The molecule has 12 heteroatoms. The zero-order valence-corrected chi connectivity index (χ0v) is 15.6. The van der Waals surface area contributed by atoms with Crippen molar-refractivity contribution in [2.45, 2.75) is 6.54 Å². The molecule has 1 amide bonds. The Labute approximate surface area is 163 Å². The van der Waals surface area contributed by atoms with Gasteiger partial charge in [-0.25, -0.2) is 9.59 Å². The lowest BCUT2D eigenvalue weighted by Gasteiger charge is -2.10. The number of rotatable bonds is 6. The van der Waals surface area contributed by atoms with Crippen LogP contribution in [0.3, 0.4) is 0 Å². The maximum Gasteiger partial charge on any atom is 0.332 e. The Balaban J connectivity index is 1.55. The van der Waals surface area contributed by atoms with Crippen LogP contribution in [-0.4, -0.2) is 47.8 Å². The highest BCUT2D eigenvalue weighted by molar-refractivity contribution is 5.91. The molecule has 0 aliphatic heterocycles. The molecule has 0 aliphatic carbocycles. The Hall–Kier alpha value is -4.09. The third-order valence-corrected chi connectivity index (χ3v) is 3.91. The lowest BCUT2D eigenvalue weighted by molar-refractivity contribution is -0.148. The predicted molar refractivity (Wildman–Crippen MR) is 99.8 cm³/mol. The summed E-state index contributed by atoms with van der Waals surface area (Å²) < 4.78 is 6.85. The number of anilines is 1. The van der Waals surface area contributed by atoms with Gasteiger partial charge in [-0.2, -0.15) is 4.80 Å². The van der Waals surface area contributed by atoms with E-state index in [9.17, 15) is 19.2 Å². The van der Waals surface area contributed by atoms with Crippen molar-refractivity contribution < 1.29 is 14.3 Å². The largest absolute Gasteiger partial charge is 0.454 e. The van der Waals surface area contributed by atoms with Crippen LogP contribution < -0.4 is 16.6 Å². The van der Waals surface area contributed by atoms with Gasteiger partial charge in [-0.1, -0.05) is 30.3 Å². The number of esters is 1. The standard InChI is InChI=1S/C17H17N7O5/c1-22-12(8-14(26)23(2)17(22)28)18-13(25)10-29-15(27)9-24-20-16(19-21-24)11-6-4-3-5-7-11/h3-8H,9-10H2,1-2H3,(H,18,25). The van der Waals surface area contributed by atoms with Crippen molar-refractivity contribution in [2.24, 2.45) is 14.1 Å². The highest BCUT2D eigenvalue weighted by Gasteiger charge is 2.14. The van der Waals surface area contributed by atoms with Crippen molar-refractivity contribution in [3.63, 3.8) is 0 Å². The molecular weight excluding hydrogens is 382 g/mol. The number of amides is 1. The van der Waals surface area contributed by atoms with Crippen LogP contribution in [0.5, 0.6) is 0 Å². The van der Waals surface area contributed by atoms with Gasteiger partial charge in [0, 0.05) is 25.7 Å². The molecule has 150 valence electrons. The molecule has 12 nitrogen and oxygen atoms in total.